The Morgan fingerprint density at radius 1 is 0.806 bits per heavy atom. The number of benzene rings is 3. The van der Waals surface area contributed by atoms with E-state index in [9.17, 15) is 22.6 Å². The molecule has 0 aromatic heterocycles. The summed E-state index contributed by atoms with van der Waals surface area (Å²) in [6, 6.07) is 11.3. The monoisotopic (exact) mass is 445 g/mol. The second-order valence-electron chi connectivity index (χ2n) is 7.54. The van der Waals surface area contributed by atoms with Gasteiger partial charge in [-0.1, -0.05) is 42.0 Å². The summed E-state index contributed by atoms with van der Waals surface area (Å²) in [6.45, 7) is 5.61. The summed E-state index contributed by atoms with van der Waals surface area (Å²) < 4.78 is 33.9. The number of fused-ring (bicyclic) bond motifs is 2. The minimum atomic E-state index is -4.74. The molecule has 3 aromatic carbocycles. The number of rotatable bonds is 2. The van der Waals surface area contributed by atoms with E-state index in [0.717, 1.165) is 16.7 Å². The normalized spacial score (nSPS) is 12.8. The van der Waals surface area contributed by atoms with Crippen LogP contribution in [0.2, 0.25) is 0 Å². The van der Waals surface area contributed by atoms with Crippen LogP contribution in [0.5, 0.6) is 0 Å². The number of hydrogen-bond donors (Lipinski definition) is 2. The Balaban J connectivity index is 0.00000181. The van der Waals surface area contributed by atoms with Crippen LogP contribution in [0.15, 0.2) is 47.4 Å². The van der Waals surface area contributed by atoms with E-state index >= 15 is 0 Å². The Kier molecular flexibility index (Phi) is 6.03. The van der Waals surface area contributed by atoms with E-state index in [-0.39, 0.29) is 58.8 Å². The van der Waals surface area contributed by atoms with Crippen molar-refractivity contribution in [3.63, 3.8) is 0 Å². The molecular formula is C23H20NNaO5S. The van der Waals surface area contributed by atoms with Crippen molar-refractivity contribution < 1.29 is 53.5 Å². The van der Waals surface area contributed by atoms with E-state index in [1.54, 1.807) is 18.2 Å². The van der Waals surface area contributed by atoms with Gasteiger partial charge in [0.15, 0.2) is 11.6 Å². The fourth-order valence-electron chi connectivity index (χ4n) is 4.31. The van der Waals surface area contributed by atoms with E-state index in [0.29, 0.717) is 5.56 Å². The molecule has 0 amide bonds. The van der Waals surface area contributed by atoms with Gasteiger partial charge in [-0.2, -0.15) is 8.42 Å². The average molecular weight is 445 g/mol. The van der Waals surface area contributed by atoms with Crippen LogP contribution < -0.4 is 35.3 Å². The predicted octanol–water partition coefficient (Wildman–Crippen LogP) is 1.000. The first-order valence-electron chi connectivity index (χ1n) is 9.23. The largest absolute Gasteiger partial charge is 1.00 e. The molecule has 3 N–H and O–H groups in total. The molecule has 0 atom stereocenters. The van der Waals surface area contributed by atoms with Crippen molar-refractivity contribution in [3.05, 3.63) is 81.4 Å². The third-order valence-electron chi connectivity index (χ3n) is 5.42. The molecule has 0 radical (unpaired) electrons. The van der Waals surface area contributed by atoms with Gasteiger partial charge in [0.25, 0.3) is 10.1 Å². The number of aryl methyl sites for hydroxylation is 3. The summed E-state index contributed by atoms with van der Waals surface area (Å²) in [5, 5.41) is 0. The van der Waals surface area contributed by atoms with Crippen molar-refractivity contribution in [3.8, 4) is 11.1 Å². The Hall–Kier alpha value is -2.29. The van der Waals surface area contributed by atoms with Crippen LogP contribution in [-0.2, 0) is 10.1 Å². The summed E-state index contributed by atoms with van der Waals surface area (Å²) >= 11 is 0. The third-order valence-corrected chi connectivity index (χ3v) is 6.32. The molecule has 0 unspecified atom stereocenters. The number of carbonyl (C=O) groups excluding carboxylic acids is 2. The molecule has 4 rings (SSSR count). The number of nitrogen functional groups attached to an aromatic ring is 1. The summed E-state index contributed by atoms with van der Waals surface area (Å²) in [4.78, 5) is 26.1. The predicted molar refractivity (Wildman–Crippen MR) is 115 cm³/mol. The molecule has 0 heterocycles. The molecule has 1 aliphatic carbocycles. The van der Waals surface area contributed by atoms with Crippen LogP contribution in [0, 0.1) is 20.8 Å². The summed E-state index contributed by atoms with van der Waals surface area (Å²) in [7, 11) is -4.74. The zero-order valence-corrected chi connectivity index (χ0v) is 20.4. The molecule has 3 aromatic rings. The SMILES string of the molecule is Cc1cc(C)c(-c2cc(S(=O)(=O)O)c(N)c3c2C(=O)c2ccccc2C3=O)c(C)c1.[H-].[Na+]. The smallest absolute Gasteiger partial charge is 1.00 e. The van der Waals surface area contributed by atoms with Gasteiger partial charge in [-0.25, -0.2) is 0 Å². The molecule has 0 fully saturated rings. The van der Waals surface area contributed by atoms with Gasteiger partial charge in [0.1, 0.15) is 4.90 Å². The molecule has 0 saturated carbocycles. The third kappa shape index (κ3) is 3.66. The number of nitrogens with two attached hydrogens (primary N) is 1. The Morgan fingerprint density at radius 3 is 1.77 bits per heavy atom. The zero-order valence-electron chi connectivity index (χ0n) is 18.6. The van der Waals surface area contributed by atoms with Gasteiger partial charge >= 0.3 is 29.6 Å². The van der Waals surface area contributed by atoms with Crippen LogP contribution >= 0.6 is 0 Å². The molecular weight excluding hydrogens is 425 g/mol. The number of hydrogen-bond acceptors (Lipinski definition) is 5. The van der Waals surface area contributed by atoms with Crippen LogP contribution in [-0.4, -0.2) is 24.5 Å². The van der Waals surface area contributed by atoms with Crippen molar-refractivity contribution in [1.29, 1.82) is 0 Å². The molecule has 0 spiro atoms. The minimum absolute atomic E-state index is 0. The Bertz CT molecular complexity index is 1380. The Morgan fingerprint density at radius 2 is 1.29 bits per heavy atom. The summed E-state index contributed by atoms with van der Waals surface area (Å²) in [5.74, 6) is -0.963. The maximum Gasteiger partial charge on any atom is 1.00 e. The molecule has 0 saturated heterocycles. The van der Waals surface area contributed by atoms with E-state index in [1.807, 2.05) is 32.9 Å². The number of anilines is 1. The van der Waals surface area contributed by atoms with Crippen LogP contribution in [0.1, 0.15) is 50.0 Å². The summed E-state index contributed by atoms with van der Waals surface area (Å²) in [5.41, 5.74) is 9.36. The van der Waals surface area contributed by atoms with Gasteiger partial charge in [0.2, 0.25) is 0 Å². The fraction of sp³-hybridized carbons (Fsp3) is 0.130. The molecule has 31 heavy (non-hydrogen) atoms. The van der Waals surface area contributed by atoms with Crippen molar-refractivity contribution >= 4 is 27.4 Å². The van der Waals surface area contributed by atoms with Crippen LogP contribution in [0.25, 0.3) is 11.1 Å². The fourth-order valence-corrected chi connectivity index (χ4v) is 4.96. The van der Waals surface area contributed by atoms with E-state index in [1.165, 1.54) is 12.1 Å². The second-order valence-corrected chi connectivity index (χ2v) is 8.93. The van der Waals surface area contributed by atoms with Gasteiger partial charge in [-0.05, 0) is 49.1 Å². The first-order chi connectivity index (χ1) is 14.0. The first kappa shape index (κ1) is 23.4. The van der Waals surface area contributed by atoms with Gasteiger partial charge in [0.05, 0.1) is 11.3 Å². The van der Waals surface area contributed by atoms with Gasteiger partial charge in [0, 0.05) is 16.7 Å². The van der Waals surface area contributed by atoms with E-state index in [2.05, 4.69) is 0 Å². The molecule has 154 valence electrons. The topological polar surface area (TPSA) is 115 Å². The molecule has 8 heteroatoms. The average Bonchev–Trinajstić information content (AvgIpc) is 2.65. The molecule has 6 nitrogen and oxygen atoms in total. The standard InChI is InChI=1S/C23H19NO5S.Na.H/c1-11-8-12(2)18(13(3)9-11)16-10-17(30(27,28)29)21(24)20-19(16)22(25)14-6-4-5-7-15(14)23(20)26;;/h4-10H,24H2,1-3H3,(H,27,28,29);;/q;+1;-1. The molecule has 0 bridgehead atoms. The maximum atomic E-state index is 13.4. The van der Waals surface area contributed by atoms with Crippen LogP contribution in [0.3, 0.4) is 0 Å². The quantitative estimate of drug-likeness (QED) is 0.270. The van der Waals surface area contributed by atoms with Gasteiger partial charge in [-0.3, -0.25) is 14.1 Å². The number of carbonyl (C=O) groups is 2. The van der Waals surface area contributed by atoms with Crippen molar-refractivity contribution in [2.45, 2.75) is 25.7 Å². The van der Waals surface area contributed by atoms with Crippen molar-refractivity contribution in [2.75, 3.05) is 5.73 Å². The summed E-state index contributed by atoms with van der Waals surface area (Å²) in [6.07, 6.45) is 0. The maximum absolute atomic E-state index is 13.4. The first-order valence-corrected chi connectivity index (χ1v) is 10.7. The number of ketones is 2. The molecule has 1 aliphatic rings. The second kappa shape index (κ2) is 8.00. The van der Waals surface area contributed by atoms with Crippen molar-refractivity contribution in [2.24, 2.45) is 0 Å². The van der Waals surface area contributed by atoms with Crippen molar-refractivity contribution in [1.82, 2.24) is 0 Å². The van der Waals surface area contributed by atoms with Gasteiger partial charge in [-0.15, -0.1) is 0 Å². The van der Waals surface area contributed by atoms with E-state index < -0.39 is 32.3 Å². The van der Waals surface area contributed by atoms with Gasteiger partial charge < -0.3 is 7.16 Å². The zero-order chi connectivity index (χ0) is 22.0. The molecule has 0 aliphatic heterocycles. The van der Waals surface area contributed by atoms with E-state index in [4.69, 9.17) is 5.73 Å². The Labute approximate surface area is 204 Å². The van der Waals surface area contributed by atoms with Crippen LogP contribution in [0.4, 0.5) is 5.69 Å². The minimum Gasteiger partial charge on any atom is -1.00 e.